The van der Waals surface area contributed by atoms with Crippen molar-refractivity contribution >= 4 is 35.6 Å². The number of nitrogens with two attached hydrogens (primary N) is 1. The number of hydrogen-bond acceptors (Lipinski definition) is 1. The second-order valence-electron chi connectivity index (χ2n) is 5.65. The minimum absolute atomic E-state index is 0. The largest absolute Gasteiger partial charge is 0.370 e. The van der Waals surface area contributed by atoms with Crippen molar-refractivity contribution in [3.05, 3.63) is 65.5 Å². The van der Waals surface area contributed by atoms with Gasteiger partial charge in [0.15, 0.2) is 5.96 Å². The zero-order valence-corrected chi connectivity index (χ0v) is 15.3. The molecule has 2 atom stereocenters. The molecule has 1 fully saturated rings. The summed E-state index contributed by atoms with van der Waals surface area (Å²) < 4.78 is 13.2. The molecule has 3 N–H and O–H groups in total. The maximum Gasteiger partial charge on any atom is 0.193 e. The standard InChI is InChI=1S/C18H20FN3.HI/c1-2-12-6-8-15(9-7-12)21-18(20)22-17-11-16(17)13-4-3-5-14(19)10-13;/h3-10,16-17H,2,11H2,1H3,(H3,20,21,22);1H/t16-,17+;/m0./s1. The van der Waals surface area contributed by atoms with Crippen molar-refractivity contribution in [1.82, 2.24) is 0 Å². The molecule has 122 valence electrons. The maximum atomic E-state index is 13.2. The number of nitrogens with zero attached hydrogens (tertiary/aromatic N) is 1. The lowest BCUT2D eigenvalue weighted by atomic mass is 10.1. The van der Waals surface area contributed by atoms with Crippen molar-refractivity contribution in [2.24, 2.45) is 10.7 Å². The highest BCUT2D eigenvalue weighted by molar-refractivity contribution is 14.0. The Hall–Kier alpha value is -1.63. The predicted octanol–water partition coefficient (Wildman–Crippen LogP) is 4.29. The highest BCUT2D eigenvalue weighted by Crippen LogP contribution is 2.43. The number of nitrogens with one attached hydrogen (secondary N) is 1. The number of aliphatic imine (C=N–C) groups is 1. The van der Waals surface area contributed by atoms with E-state index in [4.69, 9.17) is 5.73 Å². The molecule has 0 saturated heterocycles. The fourth-order valence-corrected chi connectivity index (χ4v) is 2.60. The Balaban J connectivity index is 0.00000192. The molecule has 1 aliphatic carbocycles. The Bertz CT molecular complexity index is 685. The highest BCUT2D eigenvalue weighted by atomic mass is 127. The van der Waals surface area contributed by atoms with E-state index in [1.165, 1.54) is 11.6 Å². The molecule has 0 aromatic heterocycles. The highest BCUT2D eigenvalue weighted by Gasteiger charge is 2.38. The molecular weight excluding hydrogens is 404 g/mol. The molecule has 5 heteroatoms. The van der Waals surface area contributed by atoms with Crippen LogP contribution in [0.4, 0.5) is 10.1 Å². The number of hydrogen-bond donors (Lipinski definition) is 2. The molecule has 1 saturated carbocycles. The first kappa shape index (κ1) is 17.7. The zero-order valence-electron chi connectivity index (χ0n) is 13.0. The van der Waals surface area contributed by atoms with Gasteiger partial charge in [-0.05, 0) is 48.2 Å². The summed E-state index contributed by atoms with van der Waals surface area (Å²) in [6.45, 7) is 2.12. The second kappa shape index (κ2) is 7.77. The van der Waals surface area contributed by atoms with Gasteiger partial charge in [0.2, 0.25) is 0 Å². The number of rotatable bonds is 4. The van der Waals surface area contributed by atoms with E-state index < -0.39 is 0 Å². The van der Waals surface area contributed by atoms with Gasteiger partial charge in [0, 0.05) is 11.6 Å². The normalized spacial score (nSPS) is 19.8. The number of halogens is 2. The molecule has 0 spiro atoms. The lowest BCUT2D eigenvalue weighted by Crippen LogP contribution is -2.23. The molecule has 0 aliphatic heterocycles. The van der Waals surface area contributed by atoms with Crippen LogP contribution in [0.25, 0.3) is 0 Å². The monoisotopic (exact) mass is 425 g/mol. The van der Waals surface area contributed by atoms with Crippen molar-refractivity contribution in [3.63, 3.8) is 0 Å². The summed E-state index contributed by atoms with van der Waals surface area (Å²) in [5.41, 5.74) is 9.16. The third-order valence-electron chi connectivity index (χ3n) is 3.97. The topological polar surface area (TPSA) is 50.4 Å². The van der Waals surface area contributed by atoms with E-state index in [1.807, 2.05) is 18.2 Å². The first-order valence-corrected chi connectivity index (χ1v) is 7.60. The first-order chi connectivity index (χ1) is 10.7. The van der Waals surface area contributed by atoms with Crippen LogP contribution in [0.2, 0.25) is 0 Å². The molecule has 0 amide bonds. The Morgan fingerprint density at radius 2 is 2.00 bits per heavy atom. The number of aryl methyl sites for hydroxylation is 1. The van der Waals surface area contributed by atoms with Crippen LogP contribution in [0.3, 0.4) is 0 Å². The molecule has 2 aromatic rings. The van der Waals surface area contributed by atoms with Crippen LogP contribution in [-0.2, 0) is 6.42 Å². The molecular formula is C18H21FIN3. The van der Waals surface area contributed by atoms with Gasteiger partial charge >= 0.3 is 0 Å². The van der Waals surface area contributed by atoms with Crippen LogP contribution in [-0.4, -0.2) is 12.0 Å². The Labute approximate surface area is 153 Å². The smallest absolute Gasteiger partial charge is 0.193 e. The fraction of sp³-hybridized carbons (Fsp3) is 0.278. The Morgan fingerprint density at radius 1 is 1.26 bits per heavy atom. The summed E-state index contributed by atoms with van der Waals surface area (Å²) in [6.07, 6.45) is 1.93. The summed E-state index contributed by atoms with van der Waals surface area (Å²) in [5, 5.41) is 3.10. The molecule has 3 rings (SSSR count). The van der Waals surface area contributed by atoms with Gasteiger partial charge in [-0.15, -0.1) is 24.0 Å². The van der Waals surface area contributed by atoms with Crippen molar-refractivity contribution in [2.75, 3.05) is 5.32 Å². The van der Waals surface area contributed by atoms with Crippen molar-refractivity contribution in [3.8, 4) is 0 Å². The minimum atomic E-state index is -0.200. The van der Waals surface area contributed by atoms with E-state index in [0.29, 0.717) is 5.96 Å². The molecule has 0 unspecified atom stereocenters. The zero-order chi connectivity index (χ0) is 15.5. The quantitative estimate of drug-likeness (QED) is 0.436. The van der Waals surface area contributed by atoms with Crippen LogP contribution in [0, 0.1) is 5.82 Å². The van der Waals surface area contributed by atoms with Gasteiger partial charge in [-0.2, -0.15) is 0 Å². The summed E-state index contributed by atoms with van der Waals surface area (Å²) in [5.74, 6) is 0.487. The maximum absolute atomic E-state index is 13.2. The van der Waals surface area contributed by atoms with Gasteiger partial charge in [-0.3, -0.25) is 0 Å². The van der Waals surface area contributed by atoms with Crippen LogP contribution < -0.4 is 11.1 Å². The van der Waals surface area contributed by atoms with E-state index in [2.05, 4.69) is 29.4 Å². The van der Waals surface area contributed by atoms with Crippen LogP contribution in [0.5, 0.6) is 0 Å². The fourth-order valence-electron chi connectivity index (χ4n) is 2.60. The van der Waals surface area contributed by atoms with Crippen LogP contribution >= 0.6 is 24.0 Å². The number of anilines is 1. The number of guanidine groups is 1. The average molecular weight is 425 g/mol. The molecule has 0 heterocycles. The van der Waals surface area contributed by atoms with Crippen molar-refractivity contribution in [2.45, 2.75) is 31.7 Å². The van der Waals surface area contributed by atoms with Gasteiger partial charge in [-0.1, -0.05) is 31.2 Å². The van der Waals surface area contributed by atoms with Gasteiger partial charge in [0.25, 0.3) is 0 Å². The molecule has 1 aliphatic rings. The lowest BCUT2D eigenvalue weighted by molar-refractivity contribution is 0.625. The third kappa shape index (κ3) is 4.67. The summed E-state index contributed by atoms with van der Waals surface area (Å²) in [7, 11) is 0. The molecule has 23 heavy (non-hydrogen) atoms. The molecule has 0 bridgehead atoms. The van der Waals surface area contributed by atoms with Gasteiger partial charge in [-0.25, -0.2) is 9.38 Å². The summed E-state index contributed by atoms with van der Waals surface area (Å²) >= 11 is 0. The van der Waals surface area contributed by atoms with E-state index in [0.717, 1.165) is 24.1 Å². The van der Waals surface area contributed by atoms with E-state index in [9.17, 15) is 4.39 Å². The molecule has 3 nitrogen and oxygen atoms in total. The van der Waals surface area contributed by atoms with E-state index in [-0.39, 0.29) is 41.8 Å². The summed E-state index contributed by atoms with van der Waals surface area (Å²) in [4.78, 5) is 4.47. The van der Waals surface area contributed by atoms with Crippen LogP contribution in [0.15, 0.2) is 53.5 Å². The number of benzene rings is 2. The lowest BCUT2D eigenvalue weighted by Gasteiger charge is -2.06. The van der Waals surface area contributed by atoms with Gasteiger partial charge in [0.05, 0.1) is 6.04 Å². The van der Waals surface area contributed by atoms with Crippen molar-refractivity contribution < 1.29 is 4.39 Å². The first-order valence-electron chi connectivity index (χ1n) is 7.60. The average Bonchev–Trinajstić information content (AvgIpc) is 3.27. The third-order valence-corrected chi connectivity index (χ3v) is 3.97. The molecule has 0 radical (unpaired) electrons. The van der Waals surface area contributed by atoms with Gasteiger partial charge < -0.3 is 11.1 Å². The SMILES string of the molecule is CCc1ccc(NC(N)=N[C@@H]2C[C@H]2c2cccc(F)c2)cc1.I. The molecule has 2 aromatic carbocycles. The summed E-state index contributed by atoms with van der Waals surface area (Å²) in [6, 6.07) is 15.0. The Morgan fingerprint density at radius 3 is 2.65 bits per heavy atom. The van der Waals surface area contributed by atoms with E-state index in [1.54, 1.807) is 12.1 Å². The second-order valence-corrected chi connectivity index (χ2v) is 5.65. The van der Waals surface area contributed by atoms with Gasteiger partial charge in [0.1, 0.15) is 5.82 Å². The van der Waals surface area contributed by atoms with Crippen molar-refractivity contribution in [1.29, 1.82) is 0 Å². The van der Waals surface area contributed by atoms with E-state index >= 15 is 0 Å². The Kier molecular flexibility index (Phi) is 5.98. The minimum Gasteiger partial charge on any atom is -0.370 e. The van der Waals surface area contributed by atoms with Crippen LogP contribution in [0.1, 0.15) is 30.4 Å². The predicted molar refractivity (Wildman–Crippen MR) is 104 cm³/mol.